The lowest BCUT2D eigenvalue weighted by Crippen LogP contribution is -2.32. The van der Waals surface area contributed by atoms with Crippen molar-refractivity contribution in [2.24, 2.45) is 0 Å². The standard InChI is InChI=1S/C23H21ClN4O2/c1-15-12-21(30)27(14-20(29)25-13-17-8-10-18(24)11-9-17)23-22(15)16(2)26-28(23)19-6-4-3-5-7-19/h3-12H,13-14H2,1-2H3,(H,25,29). The van der Waals surface area contributed by atoms with E-state index in [0.29, 0.717) is 17.2 Å². The van der Waals surface area contributed by atoms with Crippen LogP contribution < -0.4 is 10.9 Å². The Morgan fingerprint density at radius 2 is 1.77 bits per heavy atom. The van der Waals surface area contributed by atoms with Gasteiger partial charge >= 0.3 is 0 Å². The van der Waals surface area contributed by atoms with E-state index < -0.39 is 0 Å². The van der Waals surface area contributed by atoms with Crippen LogP contribution in [-0.4, -0.2) is 20.3 Å². The number of nitrogens with zero attached hydrogens (tertiary/aromatic N) is 3. The van der Waals surface area contributed by atoms with Crippen molar-refractivity contribution < 1.29 is 4.79 Å². The second-order valence-electron chi connectivity index (χ2n) is 7.19. The van der Waals surface area contributed by atoms with Gasteiger partial charge in [0.15, 0.2) is 0 Å². The van der Waals surface area contributed by atoms with Gasteiger partial charge in [0.25, 0.3) is 5.56 Å². The van der Waals surface area contributed by atoms with E-state index in [4.69, 9.17) is 11.6 Å². The molecule has 2 aromatic heterocycles. The van der Waals surface area contributed by atoms with Crippen LogP contribution in [0.1, 0.15) is 16.8 Å². The molecule has 0 bridgehead atoms. The summed E-state index contributed by atoms with van der Waals surface area (Å²) in [6.45, 7) is 4.06. The molecule has 4 rings (SSSR count). The molecule has 0 saturated carbocycles. The van der Waals surface area contributed by atoms with E-state index in [-0.39, 0.29) is 18.0 Å². The van der Waals surface area contributed by atoms with Crippen molar-refractivity contribution in [1.82, 2.24) is 19.7 Å². The van der Waals surface area contributed by atoms with E-state index in [9.17, 15) is 9.59 Å². The van der Waals surface area contributed by atoms with Gasteiger partial charge in [-0.25, -0.2) is 4.68 Å². The number of carbonyl (C=O) groups is 1. The summed E-state index contributed by atoms with van der Waals surface area (Å²) >= 11 is 5.90. The molecule has 0 aliphatic heterocycles. The molecule has 0 aliphatic rings. The third-order valence-corrected chi connectivity index (χ3v) is 5.25. The molecule has 6 nitrogen and oxygen atoms in total. The zero-order chi connectivity index (χ0) is 21.3. The first-order chi connectivity index (χ1) is 14.4. The number of fused-ring (bicyclic) bond motifs is 1. The third kappa shape index (κ3) is 3.86. The Morgan fingerprint density at radius 3 is 2.47 bits per heavy atom. The molecule has 0 atom stereocenters. The molecule has 0 saturated heterocycles. The van der Waals surface area contributed by atoms with Gasteiger partial charge in [-0.1, -0.05) is 41.9 Å². The molecule has 0 unspecified atom stereocenters. The molecular formula is C23H21ClN4O2. The largest absolute Gasteiger partial charge is 0.350 e. The lowest BCUT2D eigenvalue weighted by molar-refractivity contribution is -0.121. The van der Waals surface area contributed by atoms with E-state index in [2.05, 4.69) is 10.4 Å². The lowest BCUT2D eigenvalue weighted by Gasteiger charge is -2.12. The molecule has 2 heterocycles. The Labute approximate surface area is 178 Å². The van der Waals surface area contributed by atoms with Gasteiger partial charge in [0.05, 0.1) is 11.4 Å². The first-order valence-corrected chi connectivity index (χ1v) is 9.98. The van der Waals surface area contributed by atoms with Crippen molar-refractivity contribution in [3.63, 3.8) is 0 Å². The summed E-state index contributed by atoms with van der Waals surface area (Å²) in [6.07, 6.45) is 0. The maximum absolute atomic E-state index is 12.8. The number of hydrogen-bond donors (Lipinski definition) is 1. The van der Waals surface area contributed by atoms with Crippen molar-refractivity contribution in [2.45, 2.75) is 26.9 Å². The number of aromatic nitrogens is 3. The van der Waals surface area contributed by atoms with Crippen molar-refractivity contribution in [1.29, 1.82) is 0 Å². The number of hydrogen-bond acceptors (Lipinski definition) is 3. The first-order valence-electron chi connectivity index (χ1n) is 9.60. The van der Waals surface area contributed by atoms with Crippen LogP contribution in [0.15, 0.2) is 65.5 Å². The van der Waals surface area contributed by atoms with E-state index >= 15 is 0 Å². The number of pyridine rings is 1. The molecule has 0 fully saturated rings. The van der Waals surface area contributed by atoms with E-state index in [1.807, 2.05) is 56.3 Å². The van der Waals surface area contributed by atoms with E-state index in [0.717, 1.165) is 27.9 Å². The average Bonchev–Trinajstić information content (AvgIpc) is 3.09. The monoisotopic (exact) mass is 420 g/mol. The van der Waals surface area contributed by atoms with Crippen LogP contribution in [0.4, 0.5) is 0 Å². The van der Waals surface area contributed by atoms with Gasteiger partial charge in [-0.05, 0) is 49.2 Å². The molecule has 152 valence electrons. The Hall–Kier alpha value is -3.38. The van der Waals surface area contributed by atoms with Crippen molar-refractivity contribution in [3.05, 3.63) is 92.9 Å². The first kappa shape index (κ1) is 19.9. The number of para-hydroxylation sites is 1. The number of amides is 1. The molecule has 0 radical (unpaired) electrons. The van der Waals surface area contributed by atoms with Gasteiger partial charge < -0.3 is 5.32 Å². The van der Waals surface area contributed by atoms with Crippen LogP contribution >= 0.6 is 11.6 Å². The summed E-state index contributed by atoms with van der Waals surface area (Å²) in [5, 5.41) is 9.03. The maximum atomic E-state index is 12.8. The van der Waals surface area contributed by atoms with Crippen molar-refractivity contribution in [2.75, 3.05) is 0 Å². The molecule has 2 aromatic carbocycles. The maximum Gasteiger partial charge on any atom is 0.252 e. The minimum Gasteiger partial charge on any atom is -0.350 e. The summed E-state index contributed by atoms with van der Waals surface area (Å²) < 4.78 is 3.21. The predicted octanol–water partition coefficient (Wildman–Crippen LogP) is 3.77. The Bertz CT molecular complexity index is 1270. The molecule has 0 spiro atoms. The average molecular weight is 421 g/mol. The van der Waals surface area contributed by atoms with Gasteiger partial charge in [0.2, 0.25) is 5.91 Å². The molecule has 1 N–H and O–H groups in total. The lowest BCUT2D eigenvalue weighted by atomic mass is 10.1. The van der Waals surface area contributed by atoms with Crippen LogP contribution in [0, 0.1) is 13.8 Å². The van der Waals surface area contributed by atoms with Crippen LogP contribution in [0.2, 0.25) is 5.02 Å². The number of rotatable bonds is 5. The number of aryl methyl sites for hydroxylation is 2. The highest BCUT2D eigenvalue weighted by atomic mass is 35.5. The zero-order valence-electron chi connectivity index (χ0n) is 16.7. The zero-order valence-corrected chi connectivity index (χ0v) is 17.5. The summed E-state index contributed by atoms with van der Waals surface area (Å²) in [5.74, 6) is -0.254. The van der Waals surface area contributed by atoms with Gasteiger partial charge in [-0.15, -0.1) is 0 Å². The fourth-order valence-corrected chi connectivity index (χ4v) is 3.70. The van der Waals surface area contributed by atoms with E-state index in [1.54, 1.807) is 22.9 Å². The highest BCUT2D eigenvalue weighted by molar-refractivity contribution is 6.30. The summed E-state index contributed by atoms with van der Waals surface area (Å²) in [4.78, 5) is 25.5. The summed E-state index contributed by atoms with van der Waals surface area (Å²) in [5.41, 5.74) is 3.79. The third-order valence-electron chi connectivity index (χ3n) is 5.00. The number of carbonyl (C=O) groups excluding carboxylic acids is 1. The number of nitrogens with one attached hydrogen (secondary N) is 1. The minimum atomic E-state index is -0.254. The minimum absolute atomic E-state index is 0.0961. The van der Waals surface area contributed by atoms with Crippen LogP contribution in [0.3, 0.4) is 0 Å². The van der Waals surface area contributed by atoms with Gasteiger partial charge in [-0.2, -0.15) is 5.10 Å². The number of halogens is 1. The molecule has 30 heavy (non-hydrogen) atoms. The van der Waals surface area contributed by atoms with Crippen LogP contribution in [0.5, 0.6) is 0 Å². The Kier molecular flexibility index (Phi) is 5.42. The molecule has 0 aliphatic carbocycles. The fraction of sp³-hybridized carbons (Fsp3) is 0.174. The smallest absolute Gasteiger partial charge is 0.252 e. The van der Waals surface area contributed by atoms with Crippen molar-refractivity contribution in [3.8, 4) is 5.69 Å². The molecule has 7 heteroatoms. The second kappa shape index (κ2) is 8.16. The highest BCUT2D eigenvalue weighted by Gasteiger charge is 2.18. The topological polar surface area (TPSA) is 68.9 Å². The quantitative estimate of drug-likeness (QED) is 0.534. The van der Waals surface area contributed by atoms with Gasteiger partial charge in [0.1, 0.15) is 12.2 Å². The molecular weight excluding hydrogens is 400 g/mol. The predicted molar refractivity (Wildman–Crippen MR) is 118 cm³/mol. The highest BCUT2D eigenvalue weighted by Crippen LogP contribution is 2.23. The molecule has 4 aromatic rings. The SMILES string of the molecule is Cc1cc(=O)n(CC(=O)NCc2ccc(Cl)cc2)c2c1c(C)nn2-c1ccccc1. The summed E-state index contributed by atoms with van der Waals surface area (Å²) in [7, 11) is 0. The van der Waals surface area contributed by atoms with Gasteiger partial charge in [-0.3, -0.25) is 14.2 Å². The van der Waals surface area contributed by atoms with Gasteiger partial charge in [0, 0.05) is 23.0 Å². The van der Waals surface area contributed by atoms with Crippen LogP contribution in [0.25, 0.3) is 16.7 Å². The van der Waals surface area contributed by atoms with Crippen molar-refractivity contribution >= 4 is 28.5 Å². The second-order valence-corrected chi connectivity index (χ2v) is 7.62. The normalized spacial score (nSPS) is 11.0. The summed E-state index contributed by atoms with van der Waals surface area (Å²) in [6, 6.07) is 18.4. The Balaban J connectivity index is 1.70. The van der Waals surface area contributed by atoms with Crippen LogP contribution in [-0.2, 0) is 17.9 Å². The number of benzene rings is 2. The molecule has 1 amide bonds. The fourth-order valence-electron chi connectivity index (χ4n) is 3.57. The Morgan fingerprint density at radius 1 is 1.07 bits per heavy atom. The van der Waals surface area contributed by atoms with E-state index in [1.165, 1.54) is 4.57 Å².